The van der Waals surface area contributed by atoms with Crippen molar-refractivity contribution in [2.75, 3.05) is 6.61 Å². The number of halogens is 3. The van der Waals surface area contributed by atoms with E-state index in [4.69, 9.17) is 14.5 Å². The van der Waals surface area contributed by atoms with Gasteiger partial charge in [0.05, 0.1) is 11.1 Å². The number of ether oxygens (including phenoxy) is 1. The van der Waals surface area contributed by atoms with Crippen molar-refractivity contribution in [3.05, 3.63) is 66.9 Å². The Morgan fingerprint density at radius 1 is 1.00 bits per heavy atom. The molecule has 6 atom stereocenters. The Bertz CT molecular complexity index is 1530. The minimum Gasteiger partial charge on any atom is -0.387 e. The second kappa shape index (κ2) is 12.4. The molecule has 17 nitrogen and oxygen atoms in total. The van der Waals surface area contributed by atoms with Crippen LogP contribution in [0.15, 0.2) is 38.5 Å². The molecule has 2 aromatic rings. The normalized spacial score (nSPS) is 24.5. The standard InChI is InChI=1S/C17H20BrF2N2O15P3/c18-10-6-22(17(26)21(15(10)25)4-3-8-1-2-9(19)5-11(8)20)16-14(24)13(23)12(35-16)7-34-39(30,31)37-40(32,33)36-38(27,28)29/h1-2,5-6,12-14,16,23-24H,3-4,7H2,(H,30,31)(H,32,33)(H2,27,28,29)/t12-,13+,14+,16-/m1/s1. The van der Waals surface area contributed by atoms with Gasteiger partial charge in [-0.25, -0.2) is 27.3 Å². The van der Waals surface area contributed by atoms with Gasteiger partial charge in [-0.2, -0.15) is 8.62 Å². The van der Waals surface area contributed by atoms with Gasteiger partial charge in [-0.1, -0.05) is 6.07 Å². The second-order valence-electron chi connectivity index (χ2n) is 8.04. The molecular formula is C17H20BrF2N2O15P3. The summed E-state index contributed by atoms with van der Waals surface area (Å²) < 4.78 is 79.1. The van der Waals surface area contributed by atoms with Gasteiger partial charge in [-0.05, 0) is 34.0 Å². The lowest BCUT2D eigenvalue weighted by Gasteiger charge is -2.20. The summed E-state index contributed by atoms with van der Waals surface area (Å²) in [5.41, 5.74) is -1.97. The largest absolute Gasteiger partial charge is 0.490 e. The van der Waals surface area contributed by atoms with Crippen molar-refractivity contribution in [3.8, 4) is 0 Å². The molecule has 1 saturated heterocycles. The summed E-state index contributed by atoms with van der Waals surface area (Å²) in [6.45, 7) is -1.54. The van der Waals surface area contributed by atoms with Crippen LogP contribution in [-0.4, -0.2) is 63.8 Å². The Morgan fingerprint density at radius 3 is 2.25 bits per heavy atom. The van der Waals surface area contributed by atoms with Crippen LogP contribution in [0, 0.1) is 11.6 Å². The van der Waals surface area contributed by atoms with Gasteiger partial charge < -0.3 is 34.5 Å². The second-order valence-corrected chi connectivity index (χ2v) is 13.3. The smallest absolute Gasteiger partial charge is 0.387 e. The lowest BCUT2D eigenvalue weighted by Crippen LogP contribution is -2.44. The fraction of sp³-hybridized carbons (Fsp3) is 0.412. The summed E-state index contributed by atoms with van der Waals surface area (Å²) in [6, 6.07) is 2.71. The predicted molar refractivity (Wildman–Crippen MR) is 128 cm³/mol. The maximum Gasteiger partial charge on any atom is 0.490 e. The van der Waals surface area contributed by atoms with Crippen molar-refractivity contribution in [1.29, 1.82) is 0 Å². The van der Waals surface area contributed by atoms with Crippen molar-refractivity contribution in [2.45, 2.75) is 37.5 Å². The summed E-state index contributed by atoms with van der Waals surface area (Å²) in [7, 11) is -17.1. The molecule has 0 amide bonds. The molecule has 6 N–H and O–H groups in total. The lowest BCUT2D eigenvalue weighted by molar-refractivity contribution is -0.0549. The van der Waals surface area contributed by atoms with Crippen molar-refractivity contribution < 1.29 is 70.1 Å². The van der Waals surface area contributed by atoms with Crippen molar-refractivity contribution in [2.24, 2.45) is 0 Å². The maximum absolute atomic E-state index is 14.0. The van der Waals surface area contributed by atoms with Crippen molar-refractivity contribution >= 4 is 39.4 Å². The van der Waals surface area contributed by atoms with Crippen LogP contribution in [0.1, 0.15) is 11.8 Å². The van der Waals surface area contributed by atoms with Gasteiger partial charge in [0.15, 0.2) is 6.23 Å². The van der Waals surface area contributed by atoms with E-state index in [9.17, 15) is 52.1 Å². The first-order valence-electron chi connectivity index (χ1n) is 10.6. The molecule has 0 spiro atoms. The zero-order valence-electron chi connectivity index (χ0n) is 19.5. The maximum atomic E-state index is 14.0. The van der Waals surface area contributed by atoms with E-state index in [0.29, 0.717) is 15.2 Å². The van der Waals surface area contributed by atoms with E-state index in [0.717, 1.165) is 18.3 Å². The Labute approximate surface area is 229 Å². The summed E-state index contributed by atoms with van der Waals surface area (Å²) in [4.78, 5) is 61.4. The summed E-state index contributed by atoms with van der Waals surface area (Å²) in [5, 5.41) is 20.7. The van der Waals surface area contributed by atoms with Crippen LogP contribution in [0.5, 0.6) is 0 Å². The van der Waals surface area contributed by atoms with Gasteiger partial charge in [0.2, 0.25) is 0 Å². The van der Waals surface area contributed by atoms with Crippen LogP contribution in [0.4, 0.5) is 8.78 Å². The molecule has 1 aliphatic heterocycles. The summed E-state index contributed by atoms with van der Waals surface area (Å²) in [6.07, 6.45) is -6.59. The number of aromatic nitrogens is 2. The Balaban J connectivity index is 1.77. The molecule has 1 aromatic carbocycles. The van der Waals surface area contributed by atoms with Gasteiger partial charge in [0, 0.05) is 18.8 Å². The first-order valence-corrected chi connectivity index (χ1v) is 15.9. The minimum atomic E-state index is -5.82. The number of aryl methyl sites for hydroxylation is 1. The first-order chi connectivity index (χ1) is 18.3. The van der Waals surface area contributed by atoms with E-state index in [1.54, 1.807) is 0 Å². The van der Waals surface area contributed by atoms with E-state index in [-0.39, 0.29) is 16.5 Å². The van der Waals surface area contributed by atoms with E-state index in [2.05, 4.69) is 29.1 Å². The highest BCUT2D eigenvalue weighted by molar-refractivity contribution is 9.10. The van der Waals surface area contributed by atoms with Crippen LogP contribution >= 0.6 is 39.4 Å². The first kappa shape index (κ1) is 33.0. The Morgan fingerprint density at radius 2 is 1.65 bits per heavy atom. The number of phosphoric ester groups is 1. The molecule has 2 heterocycles. The monoisotopic (exact) mass is 702 g/mol. The number of aliphatic hydroxyl groups excluding tert-OH is 2. The SMILES string of the molecule is O=c1c(Br)cn([C@@H]2O[C@H](COP(=O)(O)OP(=O)(O)OP(=O)(O)O)[C@H](O)[C@@H]2O)c(=O)n1CCc1ccc(F)cc1F. The zero-order valence-corrected chi connectivity index (χ0v) is 23.7. The highest BCUT2D eigenvalue weighted by atomic mass is 79.9. The van der Waals surface area contributed by atoms with E-state index in [1.165, 1.54) is 0 Å². The van der Waals surface area contributed by atoms with Gasteiger partial charge >= 0.3 is 29.2 Å². The topological polar surface area (TPSA) is 254 Å². The van der Waals surface area contributed by atoms with Crippen LogP contribution in [0.2, 0.25) is 0 Å². The van der Waals surface area contributed by atoms with E-state index >= 15 is 0 Å². The zero-order chi connectivity index (χ0) is 30.2. The Hall–Kier alpha value is -1.47. The third-order valence-corrected chi connectivity index (χ3v) is 9.55. The van der Waals surface area contributed by atoms with E-state index in [1.807, 2.05) is 0 Å². The predicted octanol–water partition coefficient (Wildman–Crippen LogP) is 0.256. The van der Waals surface area contributed by atoms with Crippen LogP contribution in [0.25, 0.3) is 0 Å². The van der Waals surface area contributed by atoms with Gasteiger partial charge in [0.25, 0.3) is 5.56 Å². The van der Waals surface area contributed by atoms with Crippen molar-refractivity contribution in [3.63, 3.8) is 0 Å². The number of phosphoric acid groups is 3. The van der Waals surface area contributed by atoms with Gasteiger partial charge in [0.1, 0.15) is 29.9 Å². The number of aliphatic hydroxyl groups is 2. The summed E-state index contributed by atoms with van der Waals surface area (Å²) in [5.74, 6) is -1.75. The van der Waals surface area contributed by atoms with Gasteiger partial charge in [-0.15, -0.1) is 0 Å². The number of rotatable bonds is 11. The molecular weight excluding hydrogens is 683 g/mol. The molecule has 1 fully saturated rings. The fourth-order valence-corrected chi connectivity index (χ4v) is 6.96. The third kappa shape index (κ3) is 8.30. The van der Waals surface area contributed by atoms with E-state index < -0.39 is 84.0 Å². The molecule has 40 heavy (non-hydrogen) atoms. The number of hydrogen-bond acceptors (Lipinski definition) is 11. The molecule has 23 heteroatoms. The molecule has 0 aliphatic carbocycles. The quantitative estimate of drug-likeness (QED) is 0.172. The molecule has 224 valence electrons. The van der Waals surface area contributed by atoms with Gasteiger partial charge in [-0.3, -0.25) is 18.5 Å². The highest BCUT2D eigenvalue weighted by Crippen LogP contribution is 2.66. The average Bonchev–Trinajstić information content (AvgIpc) is 3.07. The molecule has 0 bridgehead atoms. The number of nitrogens with zero attached hydrogens (tertiary/aromatic N) is 2. The lowest BCUT2D eigenvalue weighted by atomic mass is 10.1. The average molecular weight is 703 g/mol. The van der Waals surface area contributed by atoms with Crippen molar-refractivity contribution in [1.82, 2.24) is 9.13 Å². The van der Waals surface area contributed by atoms with Crippen LogP contribution < -0.4 is 11.2 Å². The third-order valence-electron chi connectivity index (χ3n) is 5.20. The molecule has 0 saturated carbocycles. The molecule has 3 rings (SSSR count). The molecule has 0 radical (unpaired) electrons. The number of hydrogen-bond donors (Lipinski definition) is 6. The highest BCUT2D eigenvalue weighted by Gasteiger charge is 2.47. The summed E-state index contributed by atoms with van der Waals surface area (Å²) >= 11 is 2.94. The number of benzene rings is 1. The Kier molecular flexibility index (Phi) is 10.2. The van der Waals surface area contributed by atoms with Crippen LogP contribution in [-0.2, 0) is 44.5 Å². The molecule has 2 unspecified atom stereocenters. The fourth-order valence-electron chi connectivity index (χ4n) is 3.49. The molecule has 1 aromatic heterocycles. The molecule has 1 aliphatic rings. The van der Waals surface area contributed by atoms with Crippen LogP contribution in [0.3, 0.4) is 0 Å². The minimum absolute atomic E-state index is 0.0155.